The molecule has 1 aromatic carbocycles. The van der Waals surface area contributed by atoms with E-state index in [1.807, 2.05) is 12.1 Å². The van der Waals surface area contributed by atoms with Gasteiger partial charge >= 0.3 is 0 Å². The molecule has 0 unspecified atom stereocenters. The normalized spacial score (nSPS) is 11.4. The number of methoxy groups -OCH3 is 1. The number of anilines is 1. The van der Waals surface area contributed by atoms with Crippen LogP contribution in [0, 0.1) is 0 Å². The number of rotatable bonds is 5. The topological polar surface area (TPSA) is 47.0 Å². The molecule has 0 radical (unpaired) electrons. The molecule has 108 valence electrons. The predicted molar refractivity (Wildman–Crippen MR) is 83.8 cm³/mol. The first-order valence-corrected chi connectivity index (χ1v) is 7.47. The van der Waals surface area contributed by atoms with Crippen LogP contribution < -0.4 is 10.1 Å². The molecule has 1 aromatic heterocycles. The van der Waals surface area contributed by atoms with Crippen molar-refractivity contribution in [2.24, 2.45) is 0 Å². The molecule has 5 heteroatoms. The van der Waals surface area contributed by atoms with Gasteiger partial charge in [-0.15, -0.1) is 0 Å². The zero-order chi connectivity index (χ0) is 14.6. The first kappa shape index (κ1) is 14.8. The van der Waals surface area contributed by atoms with Crippen LogP contribution in [0.25, 0.3) is 0 Å². The molecule has 1 heterocycles. The molecule has 0 spiro atoms. The average molecular weight is 291 g/mol. The number of nitrogens with one attached hydrogen (secondary N) is 1. The van der Waals surface area contributed by atoms with Crippen LogP contribution in [0.3, 0.4) is 0 Å². The maximum absolute atomic E-state index is 5.22. The monoisotopic (exact) mass is 291 g/mol. The van der Waals surface area contributed by atoms with Gasteiger partial charge in [-0.3, -0.25) is 0 Å². The highest BCUT2D eigenvalue weighted by Crippen LogP contribution is 2.22. The van der Waals surface area contributed by atoms with Crippen molar-refractivity contribution in [2.75, 3.05) is 19.0 Å². The van der Waals surface area contributed by atoms with Gasteiger partial charge in [-0.25, -0.2) is 4.98 Å². The van der Waals surface area contributed by atoms with Crippen molar-refractivity contribution >= 4 is 16.7 Å². The minimum atomic E-state index is 0.00320. The molecule has 4 nitrogen and oxygen atoms in total. The molecule has 0 fully saturated rings. The van der Waals surface area contributed by atoms with Gasteiger partial charge in [-0.1, -0.05) is 32.9 Å². The Balaban J connectivity index is 1.88. The van der Waals surface area contributed by atoms with E-state index in [0.717, 1.165) is 29.7 Å². The highest BCUT2D eigenvalue weighted by atomic mass is 32.1. The molecule has 0 amide bonds. The van der Waals surface area contributed by atoms with Gasteiger partial charge in [0.1, 0.15) is 11.6 Å². The molecule has 1 N–H and O–H groups in total. The van der Waals surface area contributed by atoms with Crippen molar-refractivity contribution in [2.45, 2.75) is 32.6 Å². The van der Waals surface area contributed by atoms with Crippen LogP contribution in [-0.2, 0) is 11.8 Å². The summed E-state index contributed by atoms with van der Waals surface area (Å²) in [5, 5.41) is 4.21. The molecule has 0 aliphatic carbocycles. The summed E-state index contributed by atoms with van der Waals surface area (Å²) in [6.07, 6.45) is 0.932. The Bertz CT molecular complexity index is 560. The summed E-state index contributed by atoms with van der Waals surface area (Å²) in [5.74, 6) is 1.79. The average Bonchev–Trinajstić information content (AvgIpc) is 2.88. The summed E-state index contributed by atoms with van der Waals surface area (Å²) >= 11 is 1.42. The number of aromatic nitrogens is 2. The van der Waals surface area contributed by atoms with Gasteiger partial charge in [0.25, 0.3) is 0 Å². The fourth-order valence-corrected chi connectivity index (χ4v) is 2.52. The number of hydrogen-bond donors (Lipinski definition) is 1. The minimum absolute atomic E-state index is 0.00320. The first-order chi connectivity index (χ1) is 9.49. The van der Waals surface area contributed by atoms with Crippen LogP contribution in [0.1, 0.15) is 32.2 Å². The Hall–Kier alpha value is -1.62. The lowest BCUT2D eigenvalue weighted by Gasteiger charge is -2.12. The maximum atomic E-state index is 5.22. The second kappa shape index (κ2) is 6.22. The molecule has 0 aliphatic rings. The summed E-state index contributed by atoms with van der Waals surface area (Å²) in [4.78, 5) is 4.52. The highest BCUT2D eigenvalue weighted by molar-refractivity contribution is 7.09. The number of benzene rings is 1. The van der Waals surface area contributed by atoms with Crippen LogP contribution in [0.5, 0.6) is 5.75 Å². The molecular formula is C15H21N3OS. The molecule has 0 saturated carbocycles. The predicted octanol–water partition coefficient (Wildman–Crippen LogP) is 3.50. The zero-order valence-electron chi connectivity index (χ0n) is 12.4. The van der Waals surface area contributed by atoms with Crippen LogP contribution in [0.4, 0.5) is 5.13 Å². The SMILES string of the molecule is COc1cccc(CCNc2nc(C(C)(C)C)ns2)c1. The summed E-state index contributed by atoms with van der Waals surface area (Å²) in [6, 6.07) is 8.13. The van der Waals surface area contributed by atoms with Crippen LogP contribution in [-0.4, -0.2) is 23.0 Å². The van der Waals surface area contributed by atoms with Crippen molar-refractivity contribution in [1.82, 2.24) is 9.36 Å². The van der Waals surface area contributed by atoms with Crippen LogP contribution in [0.2, 0.25) is 0 Å². The largest absolute Gasteiger partial charge is 0.497 e. The van der Waals surface area contributed by atoms with Gasteiger partial charge < -0.3 is 10.1 Å². The zero-order valence-corrected chi connectivity index (χ0v) is 13.3. The van der Waals surface area contributed by atoms with Gasteiger partial charge in [0.2, 0.25) is 5.13 Å². The van der Waals surface area contributed by atoms with E-state index < -0.39 is 0 Å². The van der Waals surface area contributed by atoms with Crippen LogP contribution >= 0.6 is 11.5 Å². The molecule has 20 heavy (non-hydrogen) atoms. The third-order valence-corrected chi connectivity index (χ3v) is 3.59. The Kier molecular flexibility index (Phi) is 4.60. The summed E-state index contributed by atoms with van der Waals surface area (Å²) in [6.45, 7) is 7.20. The van der Waals surface area contributed by atoms with Gasteiger partial charge in [0.15, 0.2) is 0 Å². The summed E-state index contributed by atoms with van der Waals surface area (Å²) in [5.41, 5.74) is 1.25. The van der Waals surface area contributed by atoms with Crippen LogP contribution in [0.15, 0.2) is 24.3 Å². The van der Waals surface area contributed by atoms with E-state index in [4.69, 9.17) is 4.74 Å². The standard InChI is InChI=1S/C15H21N3OS/c1-15(2,3)13-17-14(20-18-13)16-9-8-11-6-5-7-12(10-11)19-4/h5-7,10H,8-9H2,1-4H3,(H,16,17,18). The van der Waals surface area contributed by atoms with Gasteiger partial charge in [-0.2, -0.15) is 4.37 Å². The smallest absolute Gasteiger partial charge is 0.202 e. The van der Waals surface area contributed by atoms with E-state index in [0.29, 0.717) is 0 Å². The van der Waals surface area contributed by atoms with E-state index >= 15 is 0 Å². The number of hydrogen-bond acceptors (Lipinski definition) is 5. The number of ether oxygens (including phenoxy) is 1. The molecular weight excluding hydrogens is 270 g/mol. The van der Waals surface area contributed by atoms with Crippen molar-refractivity contribution in [1.29, 1.82) is 0 Å². The quantitative estimate of drug-likeness (QED) is 0.916. The lowest BCUT2D eigenvalue weighted by molar-refractivity contribution is 0.414. The van der Waals surface area contributed by atoms with Gasteiger partial charge in [-0.05, 0) is 24.1 Å². The van der Waals surface area contributed by atoms with Crippen molar-refractivity contribution in [3.05, 3.63) is 35.7 Å². The summed E-state index contributed by atoms with van der Waals surface area (Å²) < 4.78 is 9.61. The van der Waals surface area contributed by atoms with Gasteiger partial charge in [0, 0.05) is 23.5 Å². The lowest BCUT2D eigenvalue weighted by atomic mass is 9.96. The molecule has 0 aliphatic heterocycles. The Morgan fingerprint density at radius 2 is 2.10 bits per heavy atom. The minimum Gasteiger partial charge on any atom is -0.497 e. The molecule has 0 atom stereocenters. The van der Waals surface area contributed by atoms with E-state index in [1.54, 1.807) is 7.11 Å². The fourth-order valence-electron chi connectivity index (χ4n) is 1.74. The first-order valence-electron chi connectivity index (χ1n) is 6.70. The second-order valence-electron chi connectivity index (χ2n) is 5.70. The van der Waals surface area contributed by atoms with E-state index in [-0.39, 0.29) is 5.41 Å². The Morgan fingerprint density at radius 1 is 1.30 bits per heavy atom. The van der Waals surface area contributed by atoms with E-state index in [2.05, 4.69) is 47.6 Å². The van der Waals surface area contributed by atoms with Crippen molar-refractivity contribution in [3.8, 4) is 5.75 Å². The Labute approximate surface area is 124 Å². The highest BCUT2D eigenvalue weighted by Gasteiger charge is 2.19. The lowest BCUT2D eigenvalue weighted by Crippen LogP contribution is -2.13. The van der Waals surface area contributed by atoms with E-state index in [1.165, 1.54) is 17.1 Å². The number of nitrogens with zero attached hydrogens (tertiary/aromatic N) is 2. The maximum Gasteiger partial charge on any atom is 0.202 e. The van der Waals surface area contributed by atoms with E-state index in [9.17, 15) is 0 Å². The summed E-state index contributed by atoms with van der Waals surface area (Å²) in [7, 11) is 1.69. The third-order valence-electron chi connectivity index (χ3n) is 2.92. The Morgan fingerprint density at radius 3 is 2.75 bits per heavy atom. The molecule has 2 rings (SSSR count). The van der Waals surface area contributed by atoms with Gasteiger partial charge in [0.05, 0.1) is 7.11 Å². The van der Waals surface area contributed by atoms with Crippen molar-refractivity contribution < 1.29 is 4.74 Å². The fraction of sp³-hybridized carbons (Fsp3) is 0.467. The van der Waals surface area contributed by atoms with Crippen molar-refractivity contribution in [3.63, 3.8) is 0 Å². The second-order valence-corrected chi connectivity index (χ2v) is 6.45. The third kappa shape index (κ3) is 3.93. The molecule has 0 bridgehead atoms. The molecule has 2 aromatic rings. The molecule has 0 saturated heterocycles.